The van der Waals surface area contributed by atoms with Crippen LogP contribution in [0.4, 0.5) is 4.79 Å². The van der Waals surface area contributed by atoms with E-state index in [9.17, 15) is 4.79 Å². The number of benzene rings is 1. The summed E-state index contributed by atoms with van der Waals surface area (Å²) >= 11 is 0. The Morgan fingerprint density at radius 1 is 1.08 bits per heavy atom. The van der Waals surface area contributed by atoms with Gasteiger partial charge in [-0.25, -0.2) is 4.79 Å². The van der Waals surface area contributed by atoms with Gasteiger partial charge in [-0.2, -0.15) is 0 Å². The van der Waals surface area contributed by atoms with Gasteiger partial charge in [-0.3, -0.25) is 4.99 Å². The lowest BCUT2D eigenvalue weighted by molar-refractivity contribution is 0.0474. The molecule has 1 rings (SSSR count). The summed E-state index contributed by atoms with van der Waals surface area (Å²) in [6.07, 6.45) is -0.429. The van der Waals surface area contributed by atoms with E-state index >= 15 is 0 Å². The largest absolute Gasteiger partial charge is 0.444 e. The number of carbonyl (C=O) groups excluding carboxylic acids is 1. The molecule has 1 aromatic carbocycles. The Morgan fingerprint density at radius 3 is 2.20 bits per heavy atom. The van der Waals surface area contributed by atoms with E-state index in [0.717, 1.165) is 0 Å². The summed E-state index contributed by atoms with van der Waals surface area (Å²) in [5, 5.41) is 9.36. The van der Waals surface area contributed by atoms with E-state index in [1.54, 1.807) is 7.05 Å². The van der Waals surface area contributed by atoms with Crippen LogP contribution in [0.3, 0.4) is 0 Å². The Morgan fingerprint density at radius 2 is 1.68 bits per heavy atom. The highest BCUT2D eigenvalue weighted by Gasteiger charge is 2.24. The average Bonchev–Trinajstić information content (AvgIpc) is 2.46. The predicted molar refractivity (Wildman–Crippen MR) is 103 cm³/mol. The number of aryl methyl sites for hydroxylation is 1. The molecule has 1 aromatic rings. The summed E-state index contributed by atoms with van der Waals surface area (Å²) < 4.78 is 5.30. The minimum Gasteiger partial charge on any atom is -0.444 e. The Balaban J connectivity index is 2.46. The van der Waals surface area contributed by atoms with Crippen molar-refractivity contribution in [1.82, 2.24) is 16.0 Å². The summed E-state index contributed by atoms with van der Waals surface area (Å²) in [5.41, 5.74) is 1.42. The quantitative estimate of drug-likeness (QED) is 0.565. The summed E-state index contributed by atoms with van der Waals surface area (Å²) in [7, 11) is 1.72. The van der Waals surface area contributed by atoms with Crippen LogP contribution in [0.5, 0.6) is 0 Å². The number of aliphatic imine (C=N–C) groups is 1. The maximum atomic E-state index is 11.9. The van der Waals surface area contributed by atoms with Crippen molar-refractivity contribution >= 4 is 12.1 Å². The summed E-state index contributed by atoms with van der Waals surface area (Å²) in [4.78, 5) is 16.1. The Hall–Kier alpha value is -2.24. The third kappa shape index (κ3) is 8.98. The predicted octanol–water partition coefficient (Wildman–Crippen LogP) is 2.96. The molecule has 0 radical (unpaired) electrons. The first-order valence-electron chi connectivity index (χ1n) is 8.52. The highest BCUT2D eigenvalue weighted by atomic mass is 16.6. The number of nitrogens with zero attached hydrogens (tertiary/aromatic N) is 1. The molecule has 0 aliphatic carbocycles. The van der Waals surface area contributed by atoms with Crippen molar-refractivity contribution in [2.45, 2.75) is 59.2 Å². The zero-order valence-electron chi connectivity index (χ0n) is 16.5. The van der Waals surface area contributed by atoms with E-state index in [-0.39, 0.29) is 0 Å². The highest BCUT2D eigenvalue weighted by Crippen LogP contribution is 2.09. The zero-order chi connectivity index (χ0) is 19.1. The van der Waals surface area contributed by atoms with Crippen LogP contribution in [0.25, 0.3) is 0 Å². The third-order valence-corrected chi connectivity index (χ3v) is 3.34. The molecule has 0 fully saturated rings. The summed E-state index contributed by atoms with van der Waals surface area (Å²) in [5.74, 6) is 0.680. The monoisotopic (exact) mass is 348 g/mol. The van der Waals surface area contributed by atoms with Crippen molar-refractivity contribution < 1.29 is 9.53 Å². The molecule has 1 amide bonds. The van der Waals surface area contributed by atoms with E-state index in [1.165, 1.54) is 11.1 Å². The Labute approximate surface area is 151 Å². The van der Waals surface area contributed by atoms with Crippen LogP contribution in [-0.4, -0.2) is 36.8 Å². The van der Waals surface area contributed by atoms with Crippen molar-refractivity contribution in [3.63, 3.8) is 0 Å². The van der Waals surface area contributed by atoms with Gasteiger partial charge in [0.1, 0.15) is 5.60 Å². The molecule has 0 atom stereocenters. The van der Waals surface area contributed by atoms with Crippen LogP contribution in [0.15, 0.2) is 29.3 Å². The molecule has 0 saturated heterocycles. The molecule has 0 unspecified atom stereocenters. The van der Waals surface area contributed by atoms with Gasteiger partial charge >= 0.3 is 6.09 Å². The van der Waals surface area contributed by atoms with E-state index in [0.29, 0.717) is 19.0 Å². The minimum absolute atomic E-state index is 0.429. The van der Waals surface area contributed by atoms with E-state index in [1.807, 2.05) is 34.6 Å². The molecular weight excluding hydrogens is 316 g/mol. The van der Waals surface area contributed by atoms with Gasteiger partial charge < -0.3 is 20.7 Å². The van der Waals surface area contributed by atoms with Crippen molar-refractivity contribution in [3.8, 4) is 0 Å². The Bertz CT molecular complexity index is 586. The fourth-order valence-electron chi connectivity index (χ4n) is 2.04. The summed E-state index contributed by atoms with van der Waals surface area (Å²) in [6.45, 7) is 12.6. The van der Waals surface area contributed by atoms with Gasteiger partial charge in [0.05, 0.1) is 5.54 Å². The molecule has 0 spiro atoms. The van der Waals surface area contributed by atoms with Crippen molar-refractivity contribution in [3.05, 3.63) is 35.4 Å². The molecule has 0 saturated carbocycles. The first-order chi connectivity index (χ1) is 11.5. The highest BCUT2D eigenvalue weighted by molar-refractivity contribution is 5.79. The number of amides is 1. The number of guanidine groups is 1. The minimum atomic E-state index is -0.515. The third-order valence-electron chi connectivity index (χ3n) is 3.34. The van der Waals surface area contributed by atoms with E-state index < -0.39 is 17.2 Å². The van der Waals surface area contributed by atoms with Gasteiger partial charge in [-0.1, -0.05) is 29.8 Å². The van der Waals surface area contributed by atoms with Gasteiger partial charge in [0.15, 0.2) is 5.96 Å². The molecule has 0 aliphatic rings. The van der Waals surface area contributed by atoms with Crippen molar-refractivity contribution in [2.24, 2.45) is 4.99 Å². The second kappa shape index (κ2) is 8.74. The van der Waals surface area contributed by atoms with Gasteiger partial charge in [0, 0.05) is 20.1 Å². The number of alkyl carbamates (subject to hydrolysis) is 1. The SMILES string of the molecule is CN=C(NCc1ccc(C)cc1)NCC(C)(C)NC(=O)OC(C)(C)C. The second-order valence-corrected chi connectivity index (χ2v) is 7.78. The standard InChI is InChI=1S/C19H32N4O2/c1-14-8-10-15(11-9-14)12-21-16(20-7)22-13-19(5,6)23-17(24)25-18(2,3)4/h8-11H,12-13H2,1-7H3,(H,23,24)(H2,20,21,22). The first kappa shape index (κ1) is 20.8. The lowest BCUT2D eigenvalue weighted by Crippen LogP contribution is -2.54. The van der Waals surface area contributed by atoms with Gasteiger partial charge in [0.25, 0.3) is 0 Å². The van der Waals surface area contributed by atoms with Crippen LogP contribution in [-0.2, 0) is 11.3 Å². The van der Waals surface area contributed by atoms with E-state index in [4.69, 9.17) is 4.74 Å². The van der Waals surface area contributed by atoms with Crippen LogP contribution in [0, 0.1) is 6.92 Å². The molecule has 25 heavy (non-hydrogen) atoms. The molecule has 0 aromatic heterocycles. The van der Waals surface area contributed by atoms with Crippen molar-refractivity contribution in [1.29, 1.82) is 0 Å². The Kier molecular flexibility index (Phi) is 7.27. The molecule has 0 aliphatic heterocycles. The zero-order valence-corrected chi connectivity index (χ0v) is 16.5. The number of hydrogen-bond donors (Lipinski definition) is 3. The van der Waals surface area contributed by atoms with Crippen LogP contribution < -0.4 is 16.0 Å². The molecule has 6 nitrogen and oxygen atoms in total. The topological polar surface area (TPSA) is 74.8 Å². The molecule has 140 valence electrons. The lowest BCUT2D eigenvalue weighted by atomic mass is 10.1. The average molecular weight is 348 g/mol. The second-order valence-electron chi connectivity index (χ2n) is 7.78. The van der Waals surface area contributed by atoms with Crippen LogP contribution >= 0.6 is 0 Å². The van der Waals surface area contributed by atoms with Gasteiger partial charge in [0.2, 0.25) is 0 Å². The number of hydrogen-bond acceptors (Lipinski definition) is 3. The number of carbonyl (C=O) groups is 1. The van der Waals surface area contributed by atoms with Gasteiger partial charge in [-0.15, -0.1) is 0 Å². The fourth-order valence-corrected chi connectivity index (χ4v) is 2.04. The number of rotatable bonds is 5. The lowest BCUT2D eigenvalue weighted by Gasteiger charge is -2.29. The normalized spacial score (nSPS) is 12.5. The van der Waals surface area contributed by atoms with E-state index in [2.05, 4.69) is 52.1 Å². The molecule has 6 heteroatoms. The maximum absolute atomic E-state index is 11.9. The van der Waals surface area contributed by atoms with Crippen LogP contribution in [0.1, 0.15) is 45.7 Å². The smallest absolute Gasteiger partial charge is 0.408 e. The van der Waals surface area contributed by atoms with Crippen molar-refractivity contribution in [2.75, 3.05) is 13.6 Å². The maximum Gasteiger partial charge on any atom is 0.408 e. The van der Waals surface area contributed by atoms with Gasteiger partial charge in [-0.05, 0) is 47.1 Å². The molecule has 0 bridgehead atoms. The molecule has 3 N–H and O–H groups in total. The fraction of sp³-hybridized carbons (Fsp3) is 0.579. The van der Waals surface area contributed by atoms with Crippen LogP contribution in [0.2, 0.25) is 0 Å². The molecular formula is C19H32N4O2. The summed E-state index contributed by atoms with van der Waals surface area (Å²) in [6, 6.07) is 8.34. The number of nitrogens with one attached hydrogen (secondary N) is 3. The number of ether oxygens (including phenoxy) is 1. The molecule has 0 heterocycles. The first-order valence-corrected chi connectivity index (χ1v) is 8.52.